The van der Waals surface area contributed by atoms with E-state index in [1.165, 1.54) is 12.1 Å². The molecule has 1 aromatic heterocycles. The third kappa shape index (κ3) is 7.26. The molecule has 0 aliphatic heterocycles. The summed E-state index contributed by atoms with van der Waals surface area (Å²) in [5, 5.41) is 7.06. The summed E-state index contributed by atoms with van der Waals surface area (Å²) in [6, 6.07) is 7.34. The largest absolute Gasteiger partial charge is 0.308 e. The van der Waals surface area contributed by atoms with Crippen molar-refractivity contribution < 1.29 is 13.2 Å². The molecular formula is C20H31N5O3S. The molecule has 8 nitrogen and oxygen atoms in total. The molecule has 0 aliphatic carbocycles. The molecule has 2 aromatic rings. The Morgan fingerprint density at radius 3 is 2.41 bits per heavy atom. The van der Waals surface area contributed by atoms with E-state index in [4.69, 9.17) is 0 Å². The highest BCUT2D eigenvalue weighted by Crippen LogP contribution is 2.14. The predicted molar refractivity (Wildman–Crippen MR) is 114 cm³/mol. The molecule has 0 spiro atoms. The molecule has 1 atom stereocenters. The highest BCUT2D eigenvalue weighted by Gasteiger charge is 2.27. The van der Waals surface area contributed by atoms with Crippen LogP contribution in [0.3, 0.4) is 0 Å². The second kappa shape index (κ2) is 10.00. The van der Waals surface area contributed by atoms with Crippen LogP contribution in [0.2, 0.25) is 0 Å². The number of aromatic nitrogens is 2. The van der Waals surface area contributed by atoms with Gasteiger partial charge in [-0.25, -0.2) is 8.42 Å². The van der Waals surface area contributed by atoms with E-state index < -0.39 is 22.0 Å². The fraction of sp³-hybridized carbons (Fsp3) is 0.500. The lowest BCUT2D eigenvalue weighted by molar-refractivity contribution is -0.118. The third-order valence-electron chi connectivity index (χ3n) is 4.32. The summed E-state index contributed by atoms with van der Waals surface area (Å²) in [7, 11) is 0.136. The van der Waals surface area contributed by atoms with Gasteiger partial charge in [-0.2, -0.15) is 9.82 Å². The smallest absolute Gasteiger partial charge is 0.243 e. The van der Waals surface area contributed by atoms with E-state index in [9.17, 15) is 13.2 Å². The maximum atomic E-state index is 12.8. The fourth-order valence-electron chi connectivity index (χ4n) is 2.72. The van der Waals surface area contributed by atoms with Crippen LogP contribution in [-0.4, -0.2) is 55.7 Å². The lowest BCUT2D eigenvalue weighted by Gasteiger charge is -2.19. The number of sulfonamides is 1. The van der Waals surface area contributed by atoms with Crippen molar-refractivity contribution >= 4 is 21.7 Å². The van der Waals surface area contributed by atoms with Crippen molar-refractivity contribution in [2.75, 3.05) is 26.0 Å². The molecule has 1 unspecified atom stereocenters. The van der Waals surface area contributed by atoms with Crippen molar-refractivity contribution in [1.29, 1.82) is 0 Å². The lowest BCUT2D eigenvalue weighted by Crippen LogP contribution is -2.44. The zero-order chi connectivity index (χ0) is 21.6. The van der Waals surface area contributed by atoms with Gasteiger partial charge in [-0.1, -0.05) is 31.5 Å². The number of nitrogens with zero attached hydrogens (tertiary/aromatic N) is 3. The number of rotatable bonds is 10. The summed E-state index contributed by atoms with van der Waals surface area (Å²) in [6.07, 6.45) is 2.16. The Kier molecular flexibility index (Phi) is 7.95. The minimum Gasteiger partial charge on any atom is -0.308 e. The van der Waals surface area contributed by atoms with E-state index in [-0.39, 0.29) is 10.8 Å². The number of carbonyl (C=O) groups excluding carboxylic acids is 1. The molecule has 0 bridgehead atoms. The van der Waals surface area contributed by atoms with E-state index in [1.54, 1.807) is 29.1 Å². The number of hydrogen-bond acceptors (Lipinski definition) is 5. The average molecular weight is 422 g/mol. The number of anilines is 1. The van der Waals surface area contributed by atoms with Crippen LogP contribution in [0, 0.1) is 12.8 Å². The summed E-state index contributed by atoms with van der Waals surface area (Å²) in [5.74, 6) is 0.105. The number of benzene rings is 1. The van der Waals surface area contributed by atoms with E-state index in [0.717, 1.165) is 12.1 Å². The van der Waals surface area contributed by atoms with Crippen LogP contribution < -0.4 is 10.0 Å². The minimum absolute atomic E-state index is 0.129. The van der Waals surface area contributed by atoms with Crippen LogP contribution in [0.25, 0.3) is 0 Å². The van der Waals surface area contributed by atoms with Gasteiger partial charge in [0.15, 0.2) is 5.82 Å². The molecular weight excluding hydrogens is 390 g/mol. The molecule has 1 aromatic carbocycles. The van der Waals surface area contributed by atoms with Gasteiger partial charge in [-0.15, -0.1) is 0 Å². The molecule has 0 radical (unpaired) electrons. The summed E-state index contributed by atoms with van der Waals surface area (Å²) < 4.78 is 29.7. The quantitative estimate of drug-likeness (QED) is 0.612. The van der Waals surface area contributed by atoms with Crippen LogP contribution in [0.5, 0.6) is 0 Å². The van der Waals surface area contributed by atoms with Gasteiger partial charge in [0.05, 0.1) is 11.4 Å². The summed E-state index contributed by atoms with van der Waals surface area (Å²) in [6.45, 7) is 7.28. The number of aryl methyl sites for hydroxylation is 1. The normalized spacial score (nSPS) is 13.1. The van der Waals surface area contributed by atoms with Gasteiger partial charge >= 0.3 is 0 Å². The van der Waals surface area contributed by atoms with Crippen LogP contribution in [0.1, 0.15) is 25.8 Å². The van der Waals surface area contributed by atoms with Crippen LogP contribution in [-0.2, 0) is 21.4 Å². The second-order valence-electron chi connectivity index (χ2n) is 7.87. The van der Waals surface area contributed by atoms with Crippen LogP contribution >= 0.6 is 0 Å². The Labute approximate surface area is 173 Å². The van der Waals surface area contributed by atoms with E-state index in [0.29, 0.717) is 18.8 Å². The predicted octanol–water partition coefficient (Wildman–Crippen LogP) is 2.08. The molecule has 0 fully saturated rings. The maximum Gasteiger partial charge on any atom is 0.243 e. The van der Waals surface area contributed by atoms with Gasteiger partial charge in [-0.05, 0) is 45.5 Å². The lowest BCUT2D eigenvalue weighted by atomic mass is 10.0. The van der Waals surface area contributed by atoms with Gasteiger partial charge in [0, 0.05) is 18.8 Å². The van der Waals surface area contributed by atoms with E-state index in [1.807, 2.05) is 39.8 Å². The Balaban J connectivity index is 2.10. The summed E-state index contributed by atoms with van der Waals surface area (Å²) in [4.78, 5) is 15.0. The number of nitrogens with one attached hydrogen (secondary N) is 2. The van der Waals surface area contributed by atoms with Gasteiger partial charge in [0.1, 0.15) is 6.04 Å². The number of likely N-dealkylation sites (N-methyl/N-ethyl adjacent to an activating group) is 1. The molecule has 29 heavy (non-hydrogen) atoms. The Morgan fingerprint density at radius 1 is 1.17 bits per heavy atom. The van der Waals surface area contributed by atoms with Crippen molar-refractivity contribution in [3.8, 4) is 0 Å². The Hall–Kier alpha value is -2.23. The fourth-order valence-corrected chi connectivity index (χ4v) is 3.93. The molecule has 160 valence electrons. The molecule has 0 saturated heterocycles. The first-order chi connectivity index (χ1) is 13.6. The molecule has 9 heteroatoms. The number of carbonyl (C=O) groups is 1. The first kappa shape index (κ1) is 23.1. The highest BCUT2D eigenvalue weighted by molar-refractivity contribution is 7.89. The standard InChI is InChI=1S/C20H31N5O3S/c1-15(2)14-18(23-29(27,28)17-8-6-16(3)7-9-17)20(26)21-19-10-11-25(22-19)13-12-24(4)5/h6-11,15,18,23H,12-14H2,1-5H3,(H,21,22,26). The monoisotopic (exact) mass is 421 g/mol. The van der Waals surface area contributed by atoms with Crippen molar-refractivity contribution in [3.63, 3.8) is 0 Å². The van der Waals surface area contributed by atoms with Crippen LogP contribution in [0.4, 0.5) is 5.82 Å². The highest BCUT2D eigenvalue weighted by atomic mass is 32.2. The van der Waals surface area contributed by atoms with Crippen molar-refractivity contribution in [2.24, 2.45) is 5.92 Å². The van der Waals surface area contributed by atoms with E-state index in [2.05, 4.69) is 15.1 Å². The van der Waals surface area contributed by atoms with Crippen LogP contribution in [0.15, 0.2) is 41.4 Å². The zero-order valence-electron chi connectivity index (χ0n) is 17.7. The second-order valence-corrected chi connectivity index (χ2v) is 9.59. The van der Waals surface area contributed by atoms with Gasteiger partial charge in [0.25, 0.3) is 0 Å². The molecule has 0 aliphatic rings. The molecule has 1 heterocycles. The average Bonchev–Trinajstić information content (AvgIpc) is 3.06. The molecule has 2 N–H and O–H groups in total. The zero-order valence-corrected chi connectivity index (χ0v) is 18.5. The first-order valence-corrected chi connectivity index (χ1v) is 11.1. The topological polar surface area (TPSA) is 96.3 Å². The van der Waals surface area contributed by atoms with Gasteiger partial charge in [0.2, 0.25) is 15.9 Å². The van der Waals surface area contributed by atoms with Crippen molar-refractivity contribution in [2.45, 2.75) is 44.7 Å². The molecule has 1 amide bonds. The van der Waals surface area contributed by atoms with E-state index >= 15 is 0 Å². The van der Waals surface area contributed by atoms with Gasteiger partial charge in [-0.3, -0.25) is 9.48 Å². The third-order valence-corrected chi connectivity index (χ3v) is 5.81. The number of amides is 1. The Morgan fingerprint density at radius 2 is 1.83 bits per heavy atom. The summed E-state index contributed by atoms with van der Waals surface area (Å²) >= 11 is 0. The maximum absolute atomic E-state index is 12.8. The minimum atomic E-state index is -3.81. The SMILES string of the molecule is Cc1ccc(S(=O)(=O)NC(CC(C)C)C(=O)Nc2ccn(CCN(C)C)n2)cc1. The Bertz CT molecular complexity index is 904. The van der Waals surface area contributed by atoms with Gasteiger partial charge < -0.3 is 10.2 Å². The summed E-state index contributed by atoms with van der Waals surface area (Å²) in [5.41, 5.74) is 0.963. The van der Waals surface area contributed by atoms with Crippen molar-refractivity contribution in [3.05, 3.63) is 42.1 Å². The first-order valence-electron chi connectivity index (χ1n) is 9.65. The molecule has 2 rings (SSSR count). The van der Waals surface area contributed by atoms with Crippen molar-refractivity contribution in [1.82, 2.24) is 19.4 Å². The molecule has 0 saturated carbocycles. The number of hydrogen-bond donors (Lipinski definition) is 2.